The van der Waals surface area contributed by atoms with Crippen molar-refractivity contribution < 1.29 is 24.0 Å². The van der Waals surface area contributed by atoms with Crippen molar-refractivity contribution in [2.24, 2.45) is 0 Å². The highest BCUT2D eigenvalue weighted by atomic mass is 79.9. The molecule has 0 saturated heterocycles. The van der Waals surface area contributed by atoms with Crippen LogP contribution < -0.4 is 0 Å². The zero-order valence-electron chi connectivity index (χ0n) is 15.5. The summed E-state index contributed by atoms with van der Waals surface area (Å²) in [6.45, 7) is 6.80. The van der Waals surface area contributed by atoms with Crippen molar-refractivity contribution in [3.05, 3.63) is 50.2 Å². The van der Waals surface area contributed by atoms with Crippen LogP contribution in [-0.4, -0.2) is 34.3 Å². The Labute approximate surface area is 164 Å². The largest absolute Gasteiger partial charge is 0.464 e. The number of benzene rings is 1. The zero-order chi connectivity index (χ0) is 20.5. The Balaban J connectivity index is 2.68. The molecule has 0 aliphatic rings. The number of nitrogens with zero attached hydrogens (tertiary/aromatic N) is 2. The number of hydrogen-bond donors (Lipinski definition) is 0. The number of ether oxygens (including phenoxy) is 2. The van der Waals surface area contributed by atoms with Gasteiger partial charge in [-0.05, 0) is 61.3 Å². The van der Waals surface area contributed by atoms with Gasteiger partial charge >= 0.3 is 12.1 Å². The molecule has 0 aliphatic carbocycles. The van der Waals surface area contributed by atoms with Crippen LogP contribution >= 0.6 is 15.9 Å². The molecule has 0 fully saturated rings. The molecule has 1 aromatic heterocycles. The molecule has 0 bridgehead atoms. The van der Waals surface area contributed by atoms with Crippen LogP contribution in [0.2, 0.25) is 0 Å². The van der Waals surface area contributed by atoms with E-state index in [1.165, 1.54) is 19.2 Å². The summed E-state index contributed by atoms with van der Waals surface area (Å²) in [7, 11) is 1.21. The summed E-state index contributed by atoms with van der Waals surface area (Å²) in [5.74, 6) is -0.719. The molecule has 0 unspecified atom stereocenters. The minimum atomic E-state index is -0.763. The quantitative estimate of drug-likeness (QED) is 0.390. The molecule has 2 aromatic rings. The third kappa shape index (κ3) is 4.19. The van der Waals surface area contributed by atoms with Crippen LogP contribution in [0.1, 0.15) is 37.0 Å². The van der Waals surface area contributed by atoms with E-state index < -0.39 is 22.6 Å². The van der Waals surface area contributed by atoms with E-state index in [4.69, 9.17) is 9.47 Å². The summed E-state index contributed by atoms with van der Waals surface area (Å²) in [5, 5.41) is 10.9. The van der Waals surface area contributed by atoms with Gasteiger partial charge in [-0.2, -0.15) is 0 Å². The molecule has 0 saturated carbocycles. The Kier molecular flexibility index (Phi) is 5.74. The highest BCUT2D eigenvalue weighted by Gasteiger charge is 2.31. The van der Waals surface area contributed by atoms with Gasteiger partial charge in [-0.3, -0.25) is 10.1 Å². The van der Waals surface area contributed by atoms with E-state index >= 15 is 0 Å². The van der Waals surface area contributed by atoms with E-state index in [1.807, 2.05) is 0 Å². The lowest BCUT2D eigenvalue weighted by molar-refractivity contribution is -0.384. The summed E-state index contributed by atoms with van der Waals surface area (Å²) >= 11 is 3.36. The van der Waals surface area contributed by atoms with Crippen molar-refractivity contribution >= 4 is 33.7 Å². The Morgan fingerprint density at radius 2 is 1.74 bits per heavy atom. The number of carbonyl (C=O) groups is 2. The Hall–Kier alpha value is -2.68. The van der Waals surface area contributed by atoms with Gasteiger partial charge in [-0.25, -0.2) is 14.2 Å². The summed E-state index contributed by atoms with van der Waals surface area (Å²) in [5.41, 5.74) is 0.727. The van der Waals surface area contributed by atoms with Crippen LogP contribution in [0, 0.1) is 17.0 Å². The van der Waals surface area contributed by atoms with Crippen LogP contribution in [0.15, 0.2) is 28.7 Å². The first-order valence-electron chi connectivity index (χ1n) is 7.95. The number of halogens is 1. The molecule has 8 nitrogen and oxygen atoms in total. The molecule has 0 N–H and O–H groups in total. The van der Waals surface area contributed by atoms with E-state index in [1.54, 1.807) is 39.8 Å². The van der Waals surface area contributed by atoms with Gasteiger partial charge in [-0.15, -0.1) is 0 Å². The van der Waals surface area contributed by atoms with Gasteiger partial charge in [0.2, 0.25) is 0 Å². The number of esters is 1. The van der Waals surface area contributed by atoms with Crippen molar-refractivity contribution in [1.82, 2.24) is 4.57 Å². The third-order valence-electron chi connectivity index (χ3n) is 3.67. The average Bonchev–Trinajstić information content (AvgIpc) is 2.83. The normalized spacial score (nSPS) is 11.2. The number of nitro groups is 1. The fraction of sp³-hybridized carbons (Fsp3) is 0.333. The molecule has 2 rings (SSSR count). The third-order valence-corrected chi connectivity index (χ3v) is 4.44. The molecule has 0 aliphatic heterocycles. The van der Waals surface area contributed by atoms with Gasteiger partial charge in [0, 0.05) is 23.4 Å². The maximum absolute atomic E-state index is 12.7. The average molecular weight is 439 g/mol. The van der Waals surface area contributed by atoms with E-state index in [0.29, 0.717) is 21.3 Å². The molecular formula is C18H19BrN2O6. The lowest BCUT2D eigenvalue weighted by Crippen LogP contribution is -2.29. The van der Waals surface area contributed by atoms with Gasteiger partial charge in [0.05, 0.1) is 16.5 Å². The molecule has 1 heterocycles. The fourth-order valence-electron chi connectivity index (χ4n) is 2.55. The van der Waals surface area contributed by atoms with Gasteiger partial charge in [0.15, 0.2) is 5.69 Å². The predicted octanol–water partition coefficient (Wildman–Crippen LogP) is 4.70. The maximum atomic E-state index is 12.7. The smallest absolute Gasteiger partial charge is 0.419 e. The molecule has 144 valence electrons. The SMILES string of the molecule is COC(=O)c1c(Br)c(-c2ccc([N+](=O)[O-])cc2)c(C)n1C(=O)OC(C)(C)C. The second-order valence-electron chi connectivity index (χ2n) is 6.73. The standard InChI is InChI=1S/C18H19BrN2O6/c1-10-13(11-6-8-12(9-7-11)21(24)25)14(19)15(16(22)26-5)20(10)17(23)27-18(2,3)4/h6-9H,1-5H3. The lowest BCUT2D eigenvalue weighted by Gasteiger charge is -2.21. The Bertz CT molecular complexity index is 909. The van der Waals surface area contributed by atoms with E-state index in [-0.39, 0.29) is 11.4 Å². The van der Waals surface area contributed by atoms with Crippen molar-refractivity contribution in [3.63, 3.8) is 0 Å². The summed E-state index contributed by atoms with van der Waals surface area (Å²) in [6.07, 6.45) is -0.728. The molecule has 0 spiro atoms. The van der Waals surface area contributed by atoms with Gasteiger partial charge in [0.1, 0.15) is 5.60 Å². The number of aromatic nitrogens is 1. The number of hydrogen-bond acceptors (Lipinski definition) is 6. The summed E-state index contributed by atoms with van der Waals surface area (Å²) < 4.78 is 11.7. The molecular weight excluding hydrogens is 420 g/mol. The number of methoxy groups -OCH3 is 1. The van der Waals surface area contributed by atoms with Crippen molar-refractivity contribution in [3.8, 4) is 11.1 Å². The molecule has 1 aromatic carbocycles. The van der Waals surface area contributed by atoms with Gasteiger partial charge in [-0.1, -0.05) is 0 Å². The van der Waals surface area contributed by atoms with E-state index in [2.05, 4.69) is 15.9 Å². The van der Waals surface area contributed by atoms with Crippen LogP contribution in [0.3, 0.4) is 0 Å². The van der Waals surface area contributed by atoms with E-state index in [0.717, 1.165) is 4.57 Å². The van der Waals surface area contributed by atoms with Crippen molar-refractivity contribution in [2.75, 3.05) is 7.11 Å². The van der Waals surface area contributed by atoms with Crippen LogP contribution in [0.25, 0.3) is 11.1 Å². The number of rotatable bonds is 3. The lowest BCUT2D eigenvalue weighted by atomic mass is 10.1. The first-order valence-corrected chi connectivity index (χ1v) is 8.74. The number of non-ortho nitro benzene ring substituents is 1. The van der Waals surface area contributed by atoms with Gasteiger partial charge in [0.25, 0.3) is 5.69 Å². The zero-order valence-corrected chi connectivity index (χ0v) is 17.1. The predicted molar refractivity (Wildman–Crippen MR) is 102 cm³/mol. The number of nitro benzene ring substituents is 1. The molecule has 0 radical (unpaired) electrons. The topological polar surface area (TPSA) is 101 Å². The highest BCUT2D eigenvalue weighted by Crippen LogP contribution is 2.38. The first-order chi connectivity index (χ1) is 12.5. The van der Waals surface area contributed by atoms with Crippen LogP contribution in [-0.2, 0) is 9.47 Å². The van der Waals surface area contributed by atoms with E-state index in [9.17, 15) is 19.7 Å². The molecule has 27 heavy (non-hydrogen) atoms. The minimum Gasteiger partial charge on any atom is -0.464 e. The van der Waals surface area contributed by atoms with Crippen molar-refractivity contribution in [2.45, 2.75) is 33.3 Å². The monoisotopic (exact) mass is 438 g/mol. The molecule has 0 amide bonds. The summed E-state index contributed by atoms with van der Waals surface area (Å²) in [6, 6.07) is 5.80. The van der Waals surface area contributed by atoms with Crippen molar-refractivity contribution in [1.29, 1.82) is 0 Å². The minimum absolute atomic E-state index is 0.0161. The van der Waals surface area contributed by atoms with Crippen LogP contribution in [0.5, 0.6) is 0 Å². The van der Waals surface area contributed by atoms with Crippen LogP contribution in [0.4, 0.5) is 10.5 Å². The second-order valence-corrected chi connectivity index (χ2v) is 7.53. The second kappa shape index (κ2) is 7.51. The Morgan fingerprint density at radius 3 is 2.19 bits per heavy atom. The fourth-order valence-corrected chi connectivity index (χ4v) is 3.41. The first kappa shape index (κ1) is 20.6. The highest BCUT2D eigenvalue weighted by molar-refractivity contribution is 9.10. The molecule has 0 atom stereocenters. The maximum Gasteiger partial charge on any atom is 0.419 e. The Morgan fingerprint density at radius 1 is 1.19 bits per heavy atom. The number of carbonyl (C=O) groups excluding carboxylic acids is 2. The molecule has 9 heteroatoms. The summed E-state index contributed by atoms with van der Waals surface area (Å²) in [4.78, 5) is 35.3. The van der Waals surface area contributed by atoms with Gasteiger partial charge < -0.3 is 9.47 Å².